The van der Waals surface area contributed by atoms with E-state index in [-0.39, 0.29) is 12.0 Å². The highest BCUT2D eigenvalue weighted by atomic mass is 19.4. The van der Waals surface area contributed by atoms with Crippen LogP contribution in [0.1, 0.15) is 13.3 Å². The highest BCUT2D eigenvalue weighted by Gasteiger charge is 2.28. The summed E-state index contributed by atoms with van der Waals surface area (Å²) >= 11 is 0. The SMILES string of the molecule is CC1CC(CNCC(F)(F)F)CO1. The molecule has 1 heterocycles. The lowest BCUT2D eigenvalue weighted by molar-refractivity contribution is -0.125. The third-order valence-corrected chi connectivity index (χ3v) is 2.04. The molecule has 2 unspecified atom stereocenters. The third-order valence-electron chi connectivity index (χ3n) is 2.04. The zero-order valence-electron chi connectivity index (χ0n) is 7.53. The van der Waals surface area contributed by atoms with E-state index in [9.17, 15) is 13.2 Å². The van der Waals surface area contributed by atoms with Gasteiger partial charge in [-0.25, -0.2) is 0 Å². The summed E-state index contributed by atoms with van der Waals surface area (Å²) in [6.45, 7) is 2.00. The largest absolute Gasteiger partial charge is 0.401 e. The van der Waals surface area contributed by atoms with Gasteiger partial charge in [0, 0.05) is 6.54 Å². The Morgan fingerprint density at radius 2 is 2.15 bits per heavy atom. The Hall–Kier alpha value is -0.290. The van der Waals surface area contributed by atoms with E-state index >= 15 is 0 Å². The fourth-order valence-corrected chi connectivity index (χ4v) is 1.47. The molecule has 1 fully saturated rings. The van der Waals surface area contributed by atoms with Gasteiger partial charge in [-0.3, -0.25) is 0 Å². The van der Waals surface area contributed by atoms with Gasteiger partial charge in [0.1, 0.15) is 0 Å². The van der Waals surface area contributed by atoms with Crippen LogP contribution in [0.4, 0.5) is 13.2 Å². The summed E-state index contributed by atoms with van der Waals surface area (Å²) in [5.41, 5.74) is 0. The molecule has 0 aliphatic carbocycles. The molecule has 0 bridgehead atoms. The van der Waals surface area contributed by atoms with Gasteiger partial charge in [0.05, 0.1) is 19.3 Å². The van der Waals surface area contributed by atoms with Crippen molar-refractivity contribution in [3.05, 3.63) is 0 Å². The third kappa shape index (κ3) is 4.47. The monoisotopic (exact) mass is 197 g/mol. The van der Waals surface area contributed by atoms with Crippen molar-refractivity contribution in [1.29, 1.82) is 0 Å². The maximum absolute atomic E-state index is 11.7. The molecule has 2 nitrogen and oxygen atoms in total. The minimum atomic E-state index is -4.11. The number of halogens is 3. The van der Waals surface area contributed by atoms with Crippen LogP contribution >= 0.6 is 0 Å². The lowest BCUT2D eigenvalue weighted by atomic mass is 10.1. The number of hydrogen-bond donors (Lipinski definition) is 1. The molecular weight excluding hydrogens is 183 g/mol. The van der Waals surface area contributed by atoms with Crippen molar-refractivity contribution in [2.45, 2.75) is 25.6 Å². The number of rotatable bonds is 3. The van der Waals surface area contributed by atoms with Crippen LogP contribution in [0.3, 0.4) is 0 Å². The fourth-order valence-electron chi connectivity index (χ4n) is 1.47. The second kappa shape index (κ2) is 4.28. The maximum atomic E-state index is 11.7. The first-order chi connectivity index (χ1) is 5.97. The van der Waals surface area contributed by atoms with Crippen LogP contribution in [0.25, 0.3) is 0 Å². The molecule has 0 spiro atoms. The summed E-state index contributed by atoms with van der Waals surface area (Å²) in [7, 11) is 0. The van der Waals surface area contributed by atoms with Gasteiger partial charge >= 0.3 is 6.18 Å². The van der Waals surface area contributed by atoms with Crippen LogP contribution < -0.4 is 5.32 Å². The van der Waals surface area contributed by atoms with Crippen molar-refractivity contribution in [2.75, 3.05) is 19.7 Å². The van der Waals surface area contributed by atoms with Crippen molar-refractivity contribution >= 4 is 0 Å². The lowest BCUT2D eigenvalue weighted by Crippen LogP contribution is -2.32. The number of hydrogen-bond acceptors (Lipinski definition) is 2. The van der Waals surface area contributed by atoms with Gasteiger partial charge in [-0.1, -0.05) is 0 Å². The van der Waals surface area contributed by atoms with E-state index in [1.807, 2.05) is 6.92 Å². The minimum absolute atomic E-state index is 0.192. The molecule has 0 saturated carbocycles. The Kier molecular flexibility index (Phi) is 3.55. The van der Waals surface area contributed by atoms with Gasteiger partial charge in [-0.05, 0) is 19.3 Å². The van der Waals surface area contributed by atoms with E-state index in [0.717, 1.165) is 6.42 Å². The first kappa shape index (κ1) is 10.8. The molecule has 0 aromatic heterocycles. The molecule has 1 saturated heterocycles. The number of ether oxygens (including phenoxy) is 1. The molecule has 13 heavy (non-hydrogen) atoms. The van der Waals surface area contributed by atoms with Gasteiger partial charge in [0.25, 0.3) is 0 Å². The van der Waals surface area contributed by atoms with Crippen molar-refractivity contribution in [2.24, 2.45) is 5.92 Å². The molecule has 1 N–H and O–H groups in total. The smallest absolute Gasteiger partial charge is 0.378 e. The van der Waals surface area contributed by atoms with Crippen molar-refractivity contribution in [1.82, 2.24) is 5.32 Å². The van der Waals surface area contributed by atoms with E-state index in [1.54, 1.807) is 0 Å². The highest BCUT2D eigenvalue weighted by Crippen LogP contribution is 2.18. The van der Waals surface area contributed by atoms with Crippen molar-refractivity contribution in [3.8, 4) is 0 Å². The molecule has 5 heteroatoms. The van der Waals surface area contributed by atoms with Gasteiger partial charge in [-0.15, -0.1) is 0 Å². The van der Waals surface area contributed by atoms with Crippen LogP contribution in [0, 0.1) is 5.92 Å². The zero-order valence-corrected chi connectivity index (χ0v) is 7.53. The summed E-state index contributed by atoms with van der Waals surface area (Å²) in [6, 6.07) is 0. The summed E-state index contributed by atoms with van der Waals surface area (Å²) in [4.78, 5) is 0. The zero-order chi connectivity index (χ0) is 9.90. The molecule has 0 aromatic carbocycles. The van der Waals surface area contributed by atoms with Crippen molar-refractivity contribution in [3.63, 3.8) is 0 Å². The number of alkyl halides is 3. The molecule has 1 rings (SSSR count). The molecular formula is C8H14F3NO. The van der Waals surface area contributed by atoms with Gasteiger partial charge < -0.3 is 10.1 Å². The molecule has 0 radical (unpaired) electrons. The standard InChI is InChI=1S/C8H14F3NO/c1-6-2-7(4-13-6)3-12-5-8(9,10)11/h6-7,12H,2-5H2,1H3. The van der Waals surface area contributed by atoms with E-state index in [2.05, 4.69) is 5.32 Å². The molecule has 1 aliphatic rings. The molecule has 0 aromatic rings. The Morgan fingerprint density at radius 1 is 1.46 bits per heavy atom. The highest BCUT2D eigenvalue weighted by molar-refractivity contribution is 4.72. The average Bonchev–Trinajstić information content (AvgIpc) is 2.33. The Bertz CT molecular complexity index is 160. The fraction of sp³-hybridized carbons (Fsp3) is 1.00. The minimum Gasteiger partial charge on any atom is -0.378 e. The maximum Gasteiger partial charge on any atom is 0.401 e. The van der Waals surface area contributed by atoms with Gasteiger partial charge in [0.2, 0.25) is 0 Å². The van der Waals surface area contributed by atoms with Crippen LogP contribution in [0.5, 0.6) is 0 Å². The Morgan fingerprint density at radius 3 is 2.62 bits per heavy atom. The van der Waals surface area contributed by atoms with Crippen LogP contribution in [0.15, 0.2) is 0 Å². The molecule has 1 aliphatic heterocycles. The second-order valence-corrected chi connectivity index (χ2v) is 3.49. The van der Waals surface area contributed by atoms with Gasteiger partial charge in [-0.2, -0.15) is 13.2 Å². The summed E-state index contributed by atoms with van der Waals surface area (Å²) in [5.74, 6) is 0.234. The second-order valence-electron chi connectivity index (χ2n) is 3.49. The van der Waals surface area contributed by atoms with E-state index in [1.165, 1.54) is 0 Å². The van der Waals surface area contributed by atoms with Gasteiger partial charge in [0.15, 0.2) is 0 Å². The number of nitrogens with one attached hydrogen (secondary N) is 1. The first-order valence-electron chi connectivity index (χ1n) is 4.36. The summed E-state index contributed by atoms with van der Waals surface area (Å²) in [6.07, 6.45) is -3.06. The molecule has 0 amide bonds. The Balaban J connectivity index is 2.07. The van der Waals surface area contributed by atoms with Crippen LogP contribution in [0.2, 0.25) is 0 Å². The predicted molar refractivity (Wildman–Crippen MR) is 42.4 cm³/mol. The van der Waals surface area contributed by atoms with E-state index in [0.29, 0.717) is 13.2 Å². The first-order valence-corrected chi connectivity index (χ1v) is 4.36. The predicted octanol–water partition coefficient (Wildman–Crippen LogP) is 1.56. The average molecular weight is 197 g/mol. The molecule has 2 atom stereocenters. The van der Waals surface area contributed by atoms with Crippen molar-refractivity contribution < 1.29 is 17.9 Å². The van der Waals surface area contributed by atoms with Crippen LogP contribution in [-0.4, -0.2) is 32.0 Å². The molecule has 78 valence electrons. The quantitative estimate of drug-likeness (QED) is 0.741. The van der Waals surface area contributed by atoms with E-state index in [4.69, 9.17) is 4.74 Å². The van der Waals surface area contributed by atoms with Crippen LogP contribution in [-0.2, 0) is 4.74 Å². The normalized spacial score (nSPS) is 29.5. The summed E-state index contributed by atoms with van der Waals surface area (Å²) < 4.78 is 40.4. The Labute approximate surface area is 75.4 Å². The lowest BCUT2D eigenvalue weighted by Gasteiger charge is -2.11. The summed E-state index contributed by atoms with van der Waals surface area (Å²) in [5, 5.41) is 2.38. The van der Waals surface area contributed by atoms with E-state index < -0.39 is 12.7 Å². The topological polar surface area (TPSA) is 21.3 Å².